The number of amides is 3. The largest absolute Gasteiger partial charge is 0.480 e. The van der Waals surface area contributed by atoms with Crippen LogP contribution in [0.2, 0.25) is 0 Å². The van der Waals surface area contributed by atoms with E-state index in [0.717, 1.165) is 0 Å². The number of nitriles is 1. The normalized spacial score (nSPS) is 16.1. The number of benzene rings is 1. The maximum Gasteiger partial charge on any atom is 0.329 e. The summed E-state index contributed by atoms with van der Waals surface area (Å²) in [6.45, 7) is -0.685. The van der Waals surface area contributed by atoms with Crippen LogP contribution >= 0.6 is 0 Å². The van der Waals surface area contributed by atoms with Crippen molar-refractivity contribution in [1.82, 2.24) is 10.2 Å². The van der Waals surface area contributed by atoms with E-state index >= 15 is 0 Å². The number of carbonyl (C=O) groups excluding carboxylic acids is 2. The Morgan fingerprint density at radius 1 is 1.35 bits per heavy atom. The van der Waals surface area contributed by atoms with E-state index in [0.29, 0.717) is 16.0 Å². The summed E-state index contributed by atoms with van der Waals surface area (Å²) in [6.07, 6.45) is 1.42. The topological polar surface area (TPSA) is 110 Å². The summed E-state index contributed by atoms with van der Waals surface area (Å²) < 4.78 is 0. The number of carboxylic acids is 1. The monoisotopic (exact) mass is 271 g/mol. The Balaban J connectivity index is 2.23. The fourth-order valence-corrected chi connectivity index (χ4v) is 1.67. The van der Waals surface area contributed by atoms with Crippen molar-refractivity contribution in [1.29, 1.82) is 5.26 Å². The second-order valence-electron chi connectivity index (χ2n) is 4.01. The Bertz CT molecular complexity index is 655. The average molecular weight is 271 g/mol. The van der Waals surface area contributed by atoms with Crippen LogP contribution < -0.4 is 5.32 Å². The van der Waals surface area contributed by atoms with Crippen LogP contribution in [0.15, 0.2) is 30.0 Å². The second kappa shape index (κ2) is 5.24. The second-order valence-corrected chi connectivity index (χ2v) is 4.01. The van der Waals surface area contributed by atoms with Gasteiger partial charge in [0, 0.05) is 0 Å². The quantitative estimate of drug-likeness (QED) is 0.615. The van der Waals surface area contributed by atoms with Crippen LogP contribution in [0.25, 0.3) is 6.08 Å². The zero-order chi connectivity index (χ0) is 14.7. The molecule has 0 aliphatic carbocycles. The van der Waals surface area contributed by atoms with Crippen molar-refractivity contribution in [2.24, 2.45) is 0 Å². The van der Waals surface area contributed by atoms with Crippen molar-refractivity contribution >= 4 is 24.0 Å². The van der Waals surface area contributed by atoms with E-state index in [-0.39, 0.29) is 5.70 Å². The number of nitrogens with one attached hydrogen (secondary N) is 1. The molecule has 0 unspecified atom stereocenters. The van der Waals surface area contributed by atoms with Gasteiger partial charge in [0.15, 0.2) is 0 Å². The van der Waals surface area contributed by atoms with Crippen LogP contribution in [-0.2, 0) is 9.59 Å². The molecule has 1 fully saturated rings. The minimum atomic E-state index is -1.27. The lowest BCUT2D eigenvalue weighted by Gasteiger charge is -2.06. The Labute approximate surface area is 113 Å². The molecule has 1 aliphatic rings. The molecule has 20 heavy (non-hydrogen) atoms. The van der Waals surface area contributed by atoms with Crippen molar-refractivity contribution in [2.75, 3.05) is 6.54 Å². The Morgan fingerprint density at radius 2 is 2.00 bits per heavy atom. The molecule has 0 atom stereocenters. The summed E-state index contributed by atoms with van der Waals surface area (Å²) in [7, 11) is 0. The van der Waals surface area contributed by atoms with Crippen LogP contribution in [0, 0.1) is 11.3 Å². The first-order valence-electron chi connectivity index (χ1n) is 5.58. The zero-order valence-electron chi connectivity index (χ0n) is 10.2. The highest BCUT2D eigenvalue weighted by molar-refractivity contribution is 6.15. The highest BCUT2D eigenvalue weighted by Gasteiger charge is 2.34. The molecule has 0 bridgehead atoms. The first-order valence-corrected chi connectivity index (χ1v) is 5.58. The van der Waals surface area contributed by atoms with Gasteiger partial charge in [-0.1, -0.05) is 12.1 Å². The molecule has 1 heterocycles. The fraction of sp³-hybridized carbons (Fsp3) is 0.0769. The summed E-state index contributed by atoms with van der Waals surface area (Å²) in [5, 5.41) is 19.6. The molecule has 3 amide bonds. The van der Waals surface area contributed by atoms with Gasteiger partial charge in [-0.05, 0) is 23.8 Å². The molecule has 0 radical (unpaired) electrons. The zero-order valence-corrected chi connectivity index (χ0v) is 10.2. The lowest BCUT2D eigenvalue weighted by atomic mass is 10.1. The molecule has 7 nitrogen and oxygen atoms in total. The predicted molar refractivity (Wildman–Crippen MR) is 67.0 cm³/mol. The Hall–Kier alpha value is -3.14. The standard InChI is InChI=1S/C13H9N3O4/c14-6-9-3-1-8(2-4-9)5-10-12(19)16(7-11(17)18)13(20)15-10/h1-5H,7H2,(H,15,20)(H,17,18)/b10-5+. The van der Waals surface area contributed by atoms with Gasteiger partial charge in [0.2, 0.25) is 0 Å². The smallest absolute Gasteiger partial charge is 0.329 e. The van der Waals surface area contributed by atoms with Crippen LogP contribution in [0.5, 0.6) is 0 Å². The number of rotatable bonds is 3. The maximum atomic E-state index is 11.8. The predicted octanol–water partition coefficient (Wildman–Crippen LogP) is 0.536. The van der Waals surface area contributed by atoms with Crippen molar-refractivity contribution in [3.05, 3.63) is 41.1 Å². The number of carboxylic acid groups (broad SMARTS) is 1. The number of nitrogens with zero attached hydrogens (tertiary/aromatic N) is 2. The van der Waals surface area contributed by atoms with E-state index in [4.69, 9.17) is 10.4 Å². The highest BCUT2D eigenvalue weighted by Crippen LogP contribution is 2.14. The van der Waals surface area contributed by atoms with Crippen molar-refractivity contribution in [2.45, 2.75) is 0 Å². The lowest BCUT2D eigenvalue weighted by Crippen LogP contribution is -2.35. The minimum Gasteiger partial charge on any atom is -0.480 e. The number of carbonyl (C=O) groups is 3. The van der Waals surface area contributed by atoms with Crippen molar-refractivity contribution in [3.63, 3.8) is 0 Å². The van der Waals surface area contributed by atoms with E-state index in [1.807, 2.05) is 6.07 Å². The van der Waals surface area contributed by atoms with Gasteiger partial charge in [0.25, 0.3) is 5.91 Å². The number of imide groups is 1. The lowest BCUT2D eigenvalue weighted by molar-refractivity contribution is -0.140. The summed E-state index contributed by atoms with van der Waals surface area (Å²) in [6, 6.07) is 7.57. The number of hydrogen-bond acceptors (Lipinski definition) is 4. The fourth-order valence-electron chi connectivity index (χ4n) is 1.67. The summed E-state index contributed by atoms with van der Waals surface area (Å²) in [4.78, 5) is 34.5. The van der Waals surface area contributed by atoms with Crippen LogP contribution in [-0.4, -0.2) is 34.5 Å². The number of hydrogen-bond donors (Lipinski definition) is 2. The molecule has 1 aliphatic heterocycles. The van der Waals surface area contributed by atoms with Gasteiger partial charge < -0.3 is 10.4 Å². The molecule has 1 saturated heterocycles. The third kappa shape index (κ3) is 2.64. The molecule has 1 aromatic carbocycles. The maximum absolute atomic E-state index is 11.8. The molecular formula is C13H9N3O4. The molecule has 100 valence electrons. The van der Waals surface area contributed by atoms with E-state index in [2.05, 4.69) is 5.32 Å². The first-order chi connectivity index (χ1) is 9.51. The average Bonchev–Trinajstić information content (AvgIpc) is 2.67. The van der Waals surface area contributed by atoms with E-state index in [1.165, 1.54) is 6.08 Å². The van der Waals surface area contributed by atoms with Crippen LogP contribution in [0.3, 0.4) is 0 Å². The summed E-state index contributed by atoms with van der Waals surface area (Å²) >= 11 is 0. The van der Waals surface area contributed by atoms with E-state index in [9.17, 15) is 14.4 Å². The van der Waals surface area contributed by atoms with Gasteiger partial charge >= 0.3 is 12.0 Å². The summed E-state index contributed by atoms with van der Waals surface area (Å²) in [5.74, 6) is -1.96. The molecule has 1 aromatic rings. The van der Waals surface area contributed by atoms with Gasteiger partial charge in [-0.25, -0.2) is 9.69 Å². The molecule has 0 spiro atoms. The molecular weight excluding hydrogens is 262 g/mol. The third-order valence-corrected chi connectivity index (χ3v) is 2.61. The highest BCUT2D eigenvalue weighted by atomic mass is 16.4. The SMILES string of the molecule is N#Cc1ccc(/C=C2/NC(=O)N(CC(=O)O)C2=O)cc1. The first kappa shape index (κ1) is 13.3. The van der Waals surface area contributed by atoms with Gasteiger partial charge in [0.1, 0.15) is 12.2 Å². The molecule has 0 aromatic heterocycles. The number of urea groups is 1. The van der Waals surface area contributed by atoms with Gasteiger partial charge in [-0.15, -0.1) is 0 Å². The van der Waals surface area contributed by atoms with Gasteiger partial charge in [0.05, 0.1) is 11.6 Å². The molecule has 2 N–H and O–H groups in total. The third-order valence-electron chi connectivity index (χ3n) is 2.61. The minimum absolute atomic E-state index is 0.000887. The molecule has 7 heteroatoms. The Kier molecular flexibility index (Phi) is 3.48. The van der Waals surface area contributed by atoms with Gasteiger partial charge in [-0.2, -0.15) is 5.26 Å². The van der Waals surface area contributed by atoms with E-state index < -0.39 is 24.5 Å². The van der Waals surface area contributed by atoms with Crippen LogP contribution in [0.1, 0.15) is 11.1 Å². The number of aliphatic carboxylic acids is 1. The van der Waals surface area contributed by atoms with Crippen LogP contribution in [0.4, 0.5) is 4.79 Å². The van der Waals surface area contributed by atoms with Gasteiger partial charge in [-0.3, -0.25) is 9.59 Å². The summed E-state index contributed by atoms with van der Waals surface area (Å²) in [5.41, 5.74) is 1.09. The molecule has 0 saturated carbocycles. The van der Waals surface area contributed by atoms with E-state index in [1.54, 1.807) is 24.3 Å². The molecule has 2 rings (SSSR count). The van der Waals surface area contributed by atoms with Crippen molar-refractivity contribution < 1.29 is 19.5 Å². The Morgan fingerprint density at radius 3 is 2.55 bits per heavy atom. The van der Waals surface area contributed by atoms with Crippen molar-refractivity contribution in [3.8, 4) is 6.07 Å².